The van der Waals surface area contributed by atoms with Gasteiger partial charge in [-0.1, -0.05) is 33.6 Å². The van der Waals surface area contributed by atoms with E-state index in [1.807, 2.05) is 0 Å². The maximum absolute atomic E-state index is 11.0. The molecule has 0 heterocycles. The minimum Gasteiger partial charge on any atom is -0.215 e. The van der Waals surface area contributed by atoms with Gasteiger partial charge in [0.05, 0.1) is 6.26 Å². The Labute approximate surface area is 89.8 Å². The van der Waals surface area contributed by atoms with E-state index in [4.69, 9.17) is 0 Å². The minimum atomic E-state index is -3.04. The molecule has 1 unspecified atom stereocenters. The molecule has 88 valence electrons. The van der Waals surface area contributed by atoms with E-state index in [0.29, 0.717) is 6.54 Å². The molecule has 1 atom stereocenters. The first-order chi connectivity index (χ1) is 6.33. The van der Waals surface area contributed by atoms with Gasteiger partial charge >= 0.3 is 0 Å². The van der Waals surface area contributed by atoms with Crippen LogP contribution in [0.2, 0.25) is 0 Å². The molecule has 0 aliphatic heterocycles. The molecule has 0 saturated heterocycles. The van der Waals surface area contributed by atoms with Gasteiger partial charge in [0, 0.05) is 7.97 Å². The van der Waals surface area contributed by atoms with Crippen molar-refractivity contribution < 1.29 is 9.84 Å². The SMILES string of the molecule is CCCCC(C)(CC)CNS(C)(=O)=O.[HH]. The molecule has 4 heteroatoms. The maximum Gasteiger partial charge on any atom is 0.208 e. The highest BCUT2D eigenvalue weighted by molar-refractivity contribution is 7.88. The molecular weight excluding hydrogens is 198 g/mol. The van der Waals surface area contributed by atoms with E-state index in [1.165, 1.54) is 6.26 Å². The van der Waals surface area contributed by atoms with Crippen molar-refractivity contribution >= 4 is 10.0 Å². The van der Waals surface area contributed by atoms with Crippen molar-refractivity contribution in [2.45, 2.75) is 46.5 Å². The van der Waals surface area contributed by atoms with Gasteiger partial charge in [-0.2, -0.15) is 0 Å². The summed E-state index contributed by atoms with van der Waals surface area (Å²) in [6.45, 7) is 6.96. The van der Waals surface area contributed by atoms with Crippen molar-refractivity contribution in [3.63, 3.8) is 0 Å². The van der Waals surface area contributed by atoms with Crippen molar-refractivity contribution in [2.24, 2.45) is 5.41 Å². The van der Waals surface area contributed by atoms with Crippen LogP contribution in [0.5, 0.6) is 0 Å². The van der Waals surface area contributed by atoms with Crippen LogP contribution in [0.1, 0.15) is 47.9 Å². The number of hydrogen-bond donors (Lipinski definition) is 1. The van der Waals surface area contributed by atoms with Crippen molar-refractivity contribution in [3.8, 4) is 0 Å². The predicted molar refractivity (Wildman–Crippen MR) is 62.9 cm³/mol. The summed E-state index contributed by atoms with van der Waals surface area (Å²) in [7, 11) is -3.04. The zero-order valence-electron chi connectivity index (χ0n) is 9.76. The van der Waals surface area contributed by atoms with Crippen LogP contribution >= 0.6 is 0 Å². The summed E-state index contributed by atoms with van der Waals surface area (Å²) in [5.41, 5.74) is 0.110. The van der Waals surface area contributed by atoms with Crippen LogP contribution in [-0.4, -0.2) is 21.2 Å². The first kappa shape index (κ1) is 13.9. The molecule has 0 aliphatic rings. The average Bonchev–Trinajstić information content (AvgIpc) is 2.10. The summed E-state index contributed by atoms with van der Waals surface area (Å²) >= 11 is 0. The lowest BCUT2D eigenvalue weighted by atomic mass is 9.82. The largest absolute Gasteiger partial charge is 0.215 e. The molecule has 0 rings (SSSR count). The highest BCUT2D eigenvalue weighted by Crippen LogP contribution is 2.27. The van der Waals surface area contributed by atoms with E-state index in [9.17, 15) is 8.42 Å². The number of sulfonamides is 1. The normalized spacial score (nSPS) is 16.6. The molecule has 0 aromatic rings. The Morgan fingerprint density at radius 1 is 1.36 bits per heavy atom. The lowest BCUT2D eigenvalue weighted by Crippen LogP contribution is -2.34. The standard InChI is InChI=1S/C10H23NO2S.H2/c1-5-7-8-10(3,6-2)9-11-14(4,12)13;/h11H,5-9H2,1-4H3;1H. The number of rotatable bonds is 7. The molecule has 0 fully saturated rings. The van der Waals surface area contributed by atoms with E-state index in [1.54, 1.807) is 0 Å². The zero-order valence-corrected chi connectivity index (χ0v) is 10.6. The number of hydrogen-bond acceptors (Lipinski definition) is 2. The van der Waals surface area contributed by atoms with Gasteiger partial charge in [-0.3, -0.25) is 0 Å². The lowest BCUT2D eigenvalue weighted by Gasteiger charge is -2.28. The van der Waals surface area contributed by atoms with Gasteiger partial charge in [-0.15, -0.1) is 0 Å². The van der Waals surface area contributed by atoms with Crippen molar-refractivity contribution in [3.05, 3.63) is 0 Å². The summed E-state index contributed by atoms with van der Waals surface area (Å²) in [6, 6.07) is 0. The third kappa shape index (κ3) is 6.38. The van der Waals surface area contributed by atoms with Crippen molar-refractivity contribution in [1.29, 1.82) is 0 Å². The average molecular weight is 223 g/mol. The lowest BCUT2D eigenvalue weighted by molar-refractivity contribution is 0.277. The second kappa shape index (κ2) is 5.71. The quantitative estimate of drug-likeness (QED) is 0.720. The Bertz CT molecular complexity index is 254. The molecular formula is C10H25NO2S. The molecule has 0 spiro atoms. The van der Waals surface area contributed by atoms with Gasteiger partial charge in [0.1, 0.15) is 0 Å². The molecule has 0 saturated carbocycles. The van der Waals surface area contributed by atoms with Gasteiger partial charge in [-0.25, -0.2) is 13.1 Å². The Balaban J connectivity index is 0. The molecule has 0 aliphatic carbocycles. The molecule has 14 heavy (non-hydrogen) atoms. The van der Waals surface area contributed by atoms with Crippen LogP contribution in [0.15, 0.2) is 0 Å². The topological polar surface area (TPSA) is 46.2 Å². The minimum absolute atomic E-state index is 0. The van der Waals surface area contributed by atoms with Crippen LogP contribution < -0.4 is 4.72 Å². The first-order valence-electron chi connectivity index (χ1n) is 5.27. The van der Waals surface area contributed by atoms with Gasteiger partial charge in [-0.05, 0) is 18.3 Å². The summed E-state index contributed by atoms with van der Waals surface area (Å²) in [6.07, 6.45) is 5.63. The van der Waals surface area contributed by atoms with Crippen molar-refractivity contribution in [1.82, 2.24) is 4.72 Å². The van der Waals surface area contributed by atoms with Gasteiger partial charge in [0.2, 0.25) is 10.0 Å². The molecule has 3 nitrogen and oxygen atoms in total. The molecule has 0 radical (unpaired) electrons. The van der Waals surface area contributed by atoms with Gasteiger partial charge < -0.3 is 0 Å². The summed E-state index contributed by atoms with van der Waals surface area (Å²) in [5, 5.41) is 0. The van der Waals surface area contributed by atoms with Gasteiger partial charge in [0.25, 0.3) is 0 Å². The van der Waals surface area contributed by atoms with Crippen LogP contribution in [-0.2, 0) is 10.0 Å². The third-order valence-electron chi connectivity index (χ3n) is 2.75. The van der Waals surface area contributed by atoms with E-state index in [0.717, 1.165) is 25.7 Å². The Kier molecular flexibility index (Phi) is 5.67. The van der Waals surface area contributed by atoms with Crippen LogP contribution in [0.4, 0.5) is 0 Å². The maximum atomic E-state index is 11.0. The third-order valence-corrected chi connectivity index (χ3v) is 3.42. The highest BCUT2D eigenvalue weighted by atomic mass is 32.2. The molecule has 0 amide bonds. The second-order valence-corrected chi connectivity index (χ2v) is 6.19. The van der Waals surface area contributed by atoms with E-state index in [-0.39, 0.29) is 6.84 Å². The second-order valence-electron chi connectivity index (χ2n) is 4.36. The highest BCUT2D eigenvalue weighted by Gasteiger charge is 2.22. The predicted octanol–water partition coefficient (Wildman–Crippen LogP) is 2.39. The van der Waals surface area contributed by atoms with Crippen LogP contribution in [0.25, 0.3) is 0 Å². The Morgan fingerprint density at radius 3 is 2.29 bits per heavy atom. The Hall–Kier alpha value is -0.0900. The first-order valence-corrected chi connectivity index (χ1v) is 7.17. The fraction of sp³-hybridized carbons (Fsp3) is 1.00. The summed E-state index contributed by atoms with van der Waals surface area (Å²) in [5.74, 6) is 0. The van der Waals surface area contributed by atoms with E-state index in [2.05, 4.69) is 25.5 Å². The number of nitrogens with one attached hydrogen (secondary N) is 1. The fourth-order valence-corrected chi connectivity index (χ4v) is 1.91. The van der Waals surface area contributed by atoms with E-state index >= 15 is 0 Å². The fourth-order valence-electron chi connectivity index (χ4n) is 1.30. The number of unbranched alkanes of at least 4 members (excludes halogenated alkanes) is 1. The Morgan fingerprint density at radius 2 is 1.93 bits per heavy atom. The van der Waals surface area contributed by atoms with E-state index < -0.39 is 10.0 Å². The molecule has 0 aromatic heterocycles. The smallest absolute Gasteiger partial charge is 0.208 e. The summed E-state index contributed by atoms with van der Waals surface area (Å²) in [4.78, 5) is 0. The monoisotopic (exact) mass is 223 g/mol. The molecule has 1 N–H and O–H groups in total. The molecule has 0 aromatic carbocycles. The van der Waals surface area contributed by atoms with Gasteiger partial charge in [0.15, 0.2) is 0 Å². The van der Waals surface area contributed by atoms with Crippen LogP contribution in [0, 0.1) is 5.41 Å². The van der Waals surface area contributed by atoms with Crippen molar-refractivity contribution in [2.75, 3.05) is 12.8 Å². The zero-order chi connectivity index (χ0) is 11.2. The molecule has 0 bridgehead atoms. The van der Waals surface area contributed by atoms with Crippen LogP contribution in [0.3, 0.4) is 0 Å². The summed E-state index contributed by atoms with van der Waals surface area (Å²) < 4.78 is 24.5.